The molecular formula is C13H14N2O4. The molecule has 0 unspecified atom stereocenters. The van der Waals surface area contributed by atoms with Crippen LogP contribution in [0, 0.1) is 22.5 Å². The van der Waals surface area contributed by atoms with E-state index < -0.39 is 16.4 Å². The Morgan fingerprint density at radius 3 is 2.74 bits per heavy atom. The molecule has 100 valence electrons. The first-order valence-electron chi connectivity index (χ1n) is 5.71. The van der Waals surface area contributed by atoms with Crippen molar-refractivity contribution in [1.82, 2.24) is 4.90 Å². The van der Waals surface area contributed by atoms with Gasteiger partial charge in [-0.2, -0.15) is 0 Å². The SMILES string of the molecule is C#CCN(CCC)C(=O)c1ccc([N+](=O)[O-])c(O)c1. The number of aromatic hydroxyl groups is 1. The van der Waals surface area contributed by atoms with E-state index in [2.05, 4.69) is 5.92 Å². The Morgan fingerprint density at radius 2 is 2.26 bits per heavy atom. The summed E-state index contributed by atoms with van der Waals surface area (Å²) in [6, 6.07) is 3.49. The predicted molar refractivity (Wildman–Crippen MR) is 69.8 cm³/mol. The van der Waals surface area contributed by atoms with E-state index in [-0.39, 0.29) is 18.0 Å². The zero-order valence-corrected chi connectivity index (χ0v) is 10.5. The number of carbonyl (C=O) groups excluding carboxylic acids is 1. The van der Waals surface area contributed by atoms with Crippen molar-refractivity contribution in [3.63, 3.8) is 0 Å². The summed E-state index contributed by atoms with van der Waals surface area (Å²) in [7, 11) is 0. The lowest BCUT2D eigenvalue weighted by atomic mass is 10.1. The summed E-state index contributed by atoms with van der Waals surface area (Å²) in [5, 5.41) is 20.1. The average molecular weight is 262 g/mol. The number of rotatable bonds is 5. The molecule has 6 heteroatoms. The molecule has 1 rings (SSSR count). The first kappa shape index (κ1) is 14.5. The molecule has 0 aliphatic rings. The number of nitrogens with zero attached hydrogens (tertiary/aromatic N) is 2. The molecule has 19 heavy (non-hydrogen) atoms. The number of benzene rings is 1. The van der Waals surface area contributed by atoms with Crippen molar-refractivity contribution in [2.24, 2.45) is 0 Å². The third-order valence-corrected chi connectivity index (χ3v) is 2.48. The van der Waals surface area contributed by atoms with Gasteiger partial charge in [0.15, 0.2) is 5.75 Å². The number of amides is 1. The number of hydrogen-bond acceptors (Lipinski definition) is 4. The van der Waals surface area contributed by atoms with Crippen LogP contribution < -0.4 is 0 Å². The molecule has 0 bridgehead atoms. The van der Waals surface area contributed by atoms with E-state index in [4.69, 9.17) is 6.42 Å². The fraction of sp³-hybridized carbons (Fsp3) is 0.308. The fourth-order valence-corrected chi connectivity index (χ4v) is 1.63. The molecule has 0 aliphatic carbocycles. The van der Waals surface area contributed by atoms with Gasteiger partial charge < -0.3 is 10.0 Å². The Bertz CT molecular complexity index is 534. The highest BCUT2D eigenvalue weighted by molar-refractivity contribution is 5.95. The number of nitro benzene ring substituents is 1. The van der Waals surface area contributed by atoms with Crippen molar-refractivity contribution in [1.29, 1.82) is 0 Å². The summed E-state index contributed by atoms with van der Waals surface area (Å²) in [6.45, 7) is 2.55. The van der Waals surface area contributed by atoms with Gasteiger partial charge in [0.05, 0.1) is 11.5 Å². The molecule has 0 aliphatic heterocycles. The first-order chi connectivity index (χ1) is 9.01. The zero-order valence-electron chi connectivity index (χ0n) is 10.5. The lowest BCUT2D eigenvalue weighted by Gasteiger charge is -2.19. The third kappa shape index (κ3) is 3.45. The molecule has 1 N–H and O–H groups in total. The van der Waals surface area contributed by atoms with Gasteiger partial charge in [0.1, 0.15) is 0 Å². The Morgan fingerprint density at radius 1 is 1.58 bits per heavy atom. The van der Waals surface area contributed by atoms with Crippen molar-refractivity contribution in [3.05, 3.63) is 33.9 Å². The van der Waals surface area contributed by atoms with Crippen molar-refractivity contribution >= 4 is 11.6 Å². The Kier molecular flexibility index (Phi) is 4.89. The topological polar surface area (TPSA) is 83.7 Å². The summed E-state index contributed by atoms with van der Waals surface area (Å²) in [5.41, 5.74) is -0.262. The molecule has 0 saturated carbocycles. The van der Waals surface area contributed by atoms with Crippen molar-refractivity contribution in [2.75, 3.05) is 13.1 Å². The van der Waals surface area contributed by atoms with E-state index in [9.17, 15) is 20.0 Å². The molecule has 0 atom stereocenters. The minimum absolute atomic E-state index is 0.157. The maximum atomic E-state index is 12.1. The molecule has 0 heterocycles. The largest absolute Gasteiger partial charge is 0.502 e. The van der Waals surface area contributed by atoms with Crippen LogP contribution in [0.2, 0.25) is 0 Å². The van der Waals surface area contributed by atoms with Gasteiger partial charge in [0.2, 0.25) is 0 Å². The van der Waals surface area contributed by atoms with E-state index in [0.717, 1.165) is 18.6 Å². The maximum absolute atomic E-state index is 12.1. The van der Waals surface area contributed by atoms with Crippen LogP contribution in [-0.4, -0.2) is 33.9 Å². The second kappa shape index (κ2) is 6.40. The minimum Gasteiger partial charge on any atom is -0.502 e. The summed E-state index contributed by atoms with van der Waals surface area (Å²) < 4.78 is 0. The van der Waals surface area contributed by atoms with E-state index in [0.29, 0.717) is 6.54 Å². The number of nitro groups is 1. The quantitative estimate of drug-likeness (QED) is 0.498. The molecule has 1 aromatic rings. The molecule has 6 nitrogen and oxygen atoms in total. The summed E-state index contributed by atoms with van der Waals surface area (Å²) >= 11 is 0. The minimum atomic E-state index is -0.713. The standard InChI is InChI=1S/C13H14N2O4/c1-3-7-14(8-4-2)13(17)10-5-6-11(15(18)19)12(16)9-10/h1,5-6,9,16H,4,7-8H2,2H3. The fourth-order valence-electron chi connectivity index (χ4n) is 1.63. The Balaban J connectivity index is 3.02. The smallest absolute Gasteiger partial charge is 0.310 e. The van der Waals surface area contributed by atoms with Gasteiger partial charge in [-0.25, -0.2) is 0 Å². The van der Waals surface area contributed by atoms with Crippen molar-refractivity contribution in [2.45, 2.75) is 13.3 Å². The second-order valence-corrected chi connectivity index (χ2v) is 3.89. The number of hydrogen-bond donors (Lipinski definition) is 1. The van der Waals surface area contributed by atoms with Gasteiger partial charge in [0, 0.05) is 18.2 Å². The highest BCUT2D eigenvalue weighted by atomic mass is 16.6. The number of phenols is 1. The number of phenolic OH excluding ortho intramolecular Hbond substituents is 1. The van der Waals surface area contributed by atoms with Crippen molar-refractivity contribution in [3.8, 4) is 18.1 Å². The monoisotopic (exact) mass is 262 g/mol. The summed E-state index contributed by atoms with van der Waals surface area (Å²) in [4.78, 5) is 23.4. The van der Waals surface area contributed by atoms with E-state index in [1.165, 1.54) is 11.0 Å². The summed E-state index contributed by atoms with van der Waals surface area (Å²) in [6.07, 6.45) is 5.93. The summed E-state index contributed by atoms with van der Waals surface area (Å²) in [5.74, 6) is 1.49. The third-order valence-electron chi connectivity index (χ3n) is 2.48. The normalized spacial score (nSPS) is 9.68. The molecule has 0 fully saturated rings. The van der Waals surface area contributed by atoms with Gasteiger partial charge in [0.25, 0.3) is 5.91 Å². The van der Waals surface area contributed by atoms with Crippen LogP contribution in [0.5, 0.6) is 5.75 Å². The lowest BCUT2D eigenvalue weighted by Crippen LogP contribution is -2.32. The Hall–Kier alpha value is -2.55. The van der Waals surface area contributed by atoms with Crippen LogP contribution in [0.25, 0.3) is 0 Å². The molecule has 0 saturated heterocycles. The van der Waals surface area contributed by atoms with Crippen LogP contribution >= 0.6 is 0 Å². The highest BCUT2D eigenvalue weighted by Crippen LogP contribution is 2.26. The second-order valence-electron chi connectivity index (χ2n) is 3.89. The van der Waals surface area contributed by atoms with Gasteiger partial charge in [-0.05, 0) is 18.6 Å². The number of carbonyl (C=O) groups is 1. The van der Waals surface area contributed by atoms with E-state index in [1.807, 2.05) is 6.92 Å². The van der Waals surface area contributed by atoms with Crippen LogP contribution in [0.3, 0.4) is 0 Å². The average Bonchev–Trinajstić information content (AvgIpc) is 2.37. The zero-order chi connectivity index (χ0) is 14.4. The van der Waals surface area contributed by atoms with Crippen molar-refractivity contribution < 1.29 is 14.8 Å². The Labute approximate surface area is 110 Å². The maximum Gasteiger partial charge on any atom is 0.310 e. The van der Waals surface area contributed by atoms with Crippen LogP contribution in [0.15, 0.2) is 18.2 Å². The molecule has 0 aromatic heterocycles. The molecule has 0 radical (unpaired) electrons. The van der Waals surface area contributed by atoms with Gasteiger partial charge in [-0.1, -0.05) is 12.8 Å². The van der Waals surface area contributed by atoms with Gasteiger partial charge in [-0.15, -0.1) is 6.42 Å². The van der Waals surface area contributed by atoms with E-state index in [1.54, 1.807) is 0 Å². The van der Waals surface area contributed by atoms with Crippen LogP contribution in [0.1, 0.15) is 23.7 Å². The molecule has 1 aromatic carbocycles. The van der Waals surface area contributed by atoms with Crippen LogP contribution in [0.4, 0.5) is 5.69 Å². The van der Waals surface area contributed by atoms with Gasteiger partial charge >= 0.3 is 5.69 Å². The van der Waals surface area contributed by atoms with E-state index >= 15 is 0 Å². The lowest BCUT2D eigenvalue weighted by molar-refractivity contribution is -0.385. The van der Waals surface area contributed by atoms with Gasteiger partial charge in [-0.3, -0.25) is 14.9 Å². The number of terminal acetylenes is 1. The highest BCUT2D eigenvalue weighted by Gasteiger charge is 2.19. The predicted octanol–water partition coefficient (Wildman–Crippen LogP) is 1.79. The molecule has 0 spiro atoms. The first-order valence-corrected chi connectivity index (χ1v) is 5.71. The van der Waals surface area contributed by atoms with Crippen LogP contribution in [-0.2, 0) is 0 Å². The molecular weight excluding hydrogens is 248 g/mol. The molecule has 1 amide bonds.